The van der Waals surface area contributed by atoms with Crippen molar-refractivity contribution in [3.63, 3.8) is 0 Å². The third-order valence-corrected chi connectivity index (χ3v) is 4.11. The molecule has 0 heterocycles. The van der Waals surface area contributed by atoms with Crippen LogP contribution in [0.15, 0.2) is 54.6 Å². The Labute approximate surface area is 161 Å². The lowest BCUT2D eigenvalue weighted by Crippen LogP contribution is -2.45. The van der Waals surface area contributed by atoms with E-state index in [4.69, 9.17) is 4.74 Å². The van der Waals surface area contributed by atoms with Gasteiger partial charge in [0.15, 0.2) is 0 Å². The molecule has 2 aromatic carbocycles. The van der Waals surface area contributed by atoms with Crippen LogP contribution in [0, 0.1) is 5.92 Å². The van der Waals surface area contributed by atoms with Crippen molar-refractivity contribution in [3.05, 3.63) is 71.3 Å². The van der Waals surface area contributed by atoms with E-state index >= 15 is 0 Å². The smallest absolute Gasteiger partial charge is 0.416 e. The molecule has 0 bridgehead atoms. The maximum atomic E-state index is 12.6. The van der Waals surface area contributed by atoms with E-state index in [9.17, 15) is 22.8 Å². The fourth-order valence-electron chi connectivity index (χ4n) is 2.54. The lowest BCUT2D eigenvalue weighted by Gasteiger charge is -2.21. The van der Waals surface area contributed by atoms with Gasteiger partial charge in [0.1, 0.15) is 12.6 Å². The molecule has 0 fully saturated rings. The number of carbonyl (C=O) groups is 2. The SMILES string of the molecule is CC(C)[C@H](NC(=O)Cc1ccccc1)C(=O)OCc1ccc(C(F)(F)F)cc1. The van der Waals surface area contributed by atoms with Crippen molar-refractivity contribution in [2.45, 2.75) is 39.1 Å². The number of alkyl halides is 3. The largest absolute Gasteiger partial charge is 0.459 e. The van der Waals surface area contributed by atoms with Gasteiger partial charge in [-0.05, 0) is 29.2 Å². The molecular weight excluding hydrogens is 371 g/mol. The van der Waals surface area contributed by atoms with E-state index in [1.807, 2.05) is 30.3 Å². The number of hydrogen-bond donors (Lipinski definition) is 1. The van der Waals surface area contributed by atoms with Gasteiger partial charge in [0.25, 0.3) is 0 Å². The van der Waals surface area contributed by atoms with Crippen LogP contribution in [0.5, 0.6) is 0 Å². The summed E-state index contributed by atoms with van der Waals surface area (Å²) in [5.74, 6) is -1.15. The molecule has 1 atom stereocenters. The Morgan fingerprint density at radius 1 is 0.964 bits per heavy atom. The summed E-state index contributed by atoms with van der Waals surface area (Å²) in [5.41, 5.74) is 0.482. The number of amides is 1. The molecule has 0 aliphatic rings. The molecule has 0 aromatic heterocycles. The summed E-state index contributed by atoms with van der Waals surface area (Å²) in [7, 11) is 0. The van der Waals surface area contributed by atoms with Crippen LogP contribution in [0.4, 0.5) is 13.2 Å². The van der Waals surface area contributed by atoms with Crippen LogP contribution in [-0.2, 0) is 33.5 Å². The van der Waals surface area contributed by atoms with Gasteiger partial charge in [0, 0.05) is 0 Å². The first-order valence-electron chi connectivity index (χ1n) is 8.83. The third-order valence-electron chi connectivity index (χ3n) is 4.11. The molecule has 4 nitrogen and oxygen atoms in total. The number of benzene rings is 2. The normalized spacial score (nSPS) is 12.5. The average molecular weight is 393 g/mol. The van der Waals surface area contributed by atoms with Crippen LogP contribution in [0.1, 0.15) is 30.5 Å². The standard InChI is InChI=1S/C21H22F3NO3/c1-14(2)19(25-18(26)12-15-6-4-3-5-7-15)20(27)28-13-16-8-10-17(11-9-16)21(22,23)24/h3-11,14,19H,12-13H2,1-2H3,(H,25,26)/t19-/m0/s1. The van der Waals surface area contributed by atoms with E-state index in [0.29, 0.717) is 5.56 Å². The van der Waals surface area contributed by atoms with Crippen LogP contribution >= 0.6 is 0 Å². The molecule has 0 unspecified atom stereocenters. The summed E-state index contributed by atoms with van der Waals surface area (Å²) >= 11 is 0. The predicted octanol–water partition coefficient (Wildman–Crippen LogP) is 4.13. The molecule has 150 valence electrons. The number of carbonyl (C=O) groups excluding carboxylic acids is 2. The maximum absolute atomic E-state index is 12.6. The summed E-state index contributed by atoms with van der Waals surface area (Å²) < 4.78 is 42.9. The highest BCUT2D eigenvalue weighted by atomic mass is 19.4. The van der Waals surface area contributed by atoms with Gasteiger partial charge in [-0.25, -0.2) is 4.79 Å². The third kappa shape index (κ3) is 6.40. The molecule has 0 saturated carbocycles. The zero-order chi connectivity index (χ0) is 20.7. The van der Waals surface area contributed by atoms with E-state index in [1.165, 1.54) is 12.1 Å². The van der Waals surface area contributed by atoms with E-state index in [0.717, 1.165) is 17.7 Å². The quantitative estimate of drug-likeness (QED) is 0.720. The highest BCUT2D eigenvalue weighted by molar-refractivity contribution is 5.85. The van der Waals surface area contributed by atoms with Crippen molar-refractivity contribution in [1.82, 2.24) is 5.32 Å². The molecular formula is C21H22F3NO3. The van der Waals surface area contributed by atoms with Gasteiger partial charge in [-0.2, -0.15) is 13.2 Å². The first-order chi connectivity index (χ1) is 13.2. The molecule has 0 aliphatic carbocycles. The highest BCUT2D eigenvalue weighted by Gasteiger charge is 2.30. The minimum Gasteiger partial charge on any atom is -0.459 e. The number of rotatable bonds is 7. The summed E-state index contributed by atoms with van der Waals surface area (Å²) in [4.78, 5) is 24.6. The number of ether oxygens (including phenoxy) is 1. The first kappa shape index (κ1) is 21.5. The second-order valence-corrected chi connectivity index (χ2v) is 6.75. The minimum absolute atomic E-state index is 0.135. The summed E-state index contributed by atoms with van der Waals surface area (Å²) in [6.07, 6.45) is -4.28. The Bertz CT molecular complexity index is 787. The van der Waals surface area contributed by atoms with E-state index < -0.39 is 23.8 Å². The van der Waals surface area contributed by atoms with Crippen LogP contribution in [0.3, 0.4) is 0 Å². The topological polar surface area (TPSA) is 55.4 Å². The molecule has 28 heavy (non-hydrogen) atoms. The number of halogens is 3. The van der Waals surface area contributed by atoms with Crippen molar-refractivity contribution < 1.29 is 27.5 Å². The monoisotopic (exact) mass is 393 g/mol. The second kappa shape index (κ2) is 9.39. The predicted molar refractivity (Wildman–Crippen MR) is 98.2 cm³/mol. The Balaban J connectivity index is 1.92. The zero-order valence-electron chi connectivity index (χ0n) is 15.6. The molecule has 1 N–H and O–H groups in total. The van der Waals surface area contributed by atoms with Gasteiger partial charge in [-0.3, -0.25) is 4.79 Å². The highest BCUT2D eigenvalue weighted by Crippen LogP contribution is 2.29. The van der Waals surface area contributed by atoms with Gasteiger partial charge in [-0.15, -0.1) is 0 Å². The van der Waals surface area contributed by atoms with E-state index in [1.54, 1.807) is 13.8 Å². The van der Waals surface area contributed by atoms with Crippen LogP contribution in [-0.4, -0.2) is 17.9 Å². The van der Waals surface area contributed by atoms with Gasteiger partial charge in [0.2, 0.25) is 5.91 Å². The number of esters is 1. The Morgan fingerprint density at radius 3 is 2.11 bits per heavy atom. The van der Waals surface area contributed by atoms with Gasteiger partial charge >= 0.3 is 12.1 Å². The van der Waals surface area contributed by atoms with Crippen molar-refractivity contribution >= 4 is 11.9 Å². The fraction of sp³-hybridized carbons (Fsp3) is 0.333. The Hall–Kier alpha value is -2.83. The number of hydrogen-bond acceptors (Lipinski definition) is 3. The molecule has 0 aliphatic heterocycles. The molecule has 2 aromatic rings. The number of nitrogens with one attached hydrogen (secondary N) is 1. The molecule has 0 radical (unpaired) electrons. The van der Waals surface area contributed by atoms with E-state index in [2.05, 4.69) is 5.32 Å². The molecule has 0 spiro atoms. The lowest BCUT2D eigenvalue weighted by atomic mass is 10.0. The summed E-state index contributed by atoms with van der Waals surface area (Å²) in [6, 6.07) is 12.7. The van der Waals surface area contributed by atoms with Crippen molar-refractivity contribution in [2.75, 3.05) is 0 Å². The van der Waals surface area contributed by atoms with Crippen LogP contribution < -0.4 is 5.32 Å². The zero-order valence-corrected chi connectivity index (χ0v) is 15.6. The minimum atomic E-state index is -4.42. The van der Waals surface area contributed by atoms with Crippen molar-refractivity contribution in [3.8, 4) is 0 Å². The van der Waals surface area contributed by atoms with Crippen molar-refractivity contribution in [1.29, 1.82) is 0 Å². The van der Waals surface area contributed by atoms with E-state index in [-0.39, 0.29) is 24.9 Å². The first-order valence-corrected chi connectivity index (χ1v) is 8.83. The van der Waals surface area contributed by atoms with Gasteiger partial charge in [0.05, 0.1) is 12.0 Å². The summed E-state index contributed by atoms with van der Waals surface area (Å²) in [5, 5.41) is 2.67. The summed E-state index contributed by atoms with van der Waals surface area (Å²) in [6.45, 7) is 3.37. The molecule has 1 amide bonds. The van der Waals surface area contributed by atoms with Gasteiger partial charge < -0.3 is 10.1 Å². The second-order valence-electron chi connectivity index (χ2n) is 6.75. The van der Waals surface area contributed by atoms with Crippen molar-refractivity contribution in [2.24, 2.45) is 5.92 Å². The van der Waals surface area contributed by atoms with Crippen LogP contribution in [0.2, 0.25) is 0 Å². The van der Waals surface area contributed by atoms with Gasteiger partial charge in [-0.1, -0.05) is 56.3 Å². The molecule has 0 saturated heterocycles. The van der Waals surface area contributed by atoms with Crippen LogP contribution in [0.25, 0.3) is 0 Å². The Morgan fingerprint density at radius 2 is 1.57 bits per heavy atom. The fourth-order valence-corrected chi connectivity index (χ4v) is 2.54. The lowest BCUT2D eigenvalue weighted by molar-refractivity contribution is -0.150. The molecule has 2 rings (SSSR count). The maximum Gasteiger partial charge on any atom is 0.416 e. The Kier molecular flexibility index (Phi) is 7.20. The average Bonchev–Trinajstić information content (AvgIpc) is 2.64. The molecule has 7 heteroatoms.